The number of aromatic nitrogens is 1. The molecule has 0 spiro atoms. The smallest absolute Gasteiger partial charge is 0.156 e. The maximum absolute atomic E-state index is 12.2. The number of pyridine rings is 1. The normalized spacial score (nSPS) is 15.2. The zero-order valence-corrected chi connectivity index (χ0v) is 12.0. The molecule has 0 fully saturated rings. The van der Waals surface area contributed by atoms with Crippen molar-refractivity contribution < 1.29 is 9.90 Å². The second-order valence-electron chi connectivity index (χ2n) is 5.19. The van der Waals surface area contributed by atoms with Crippen molar-refractivity contribution in [3.63, 3.8) is 0 Å². The van der Waals surface area contributed by atoms with Crippen LogP contribution in [0.2, 0.25) is 0 Å². The first kappa shape index (κ1) is 15.4. The summed E-state index contributed by atoms with van der Waals surface area (Å²) >= 11 is 0. The quantitative estimate of drug-likeness (QED) is 0.846. The van der Waals surface area contributed by atoms with E-state index in [9.17, 15) is 9.90 Å². The predicted molar refractivity (Wildman–Crippen MR) is 81.8 cm³/mol. The van der Waals surface area contributed by atoms with Gasteiger partial charge in [0, 0.05) is 24.2 Å². The Morgan fingerprint density at radius 2 is 1.86 bits per heavy atom. The van der Waals surface area contributed by atoms with Crippen LogP contribution in [0.4, 0.5) is 0 Å². The first-order valence-corrected chi connectivity index (χ1v) is 7.01. The van der Waals surface area contributed by atoms with E-state index in [0.29, 0.717) is 0 Å². The second kappa shape index (κ2) is 7.11. The average Bonchev–Trinajstić information content (AvgIpc) is 2.54. The summed E-state index contributed by atoms with van der Waals surface area (Å²) in [5.41, 5.74) is 7.55. The van der Waals surface area contributed by atoms with E-state index in [1.807, 2.05) is 55.5 Å². The number of carbonyl (C=O) groups excluding carboxylic acids is 1. The Labute approximate surface area is 124 Å². The molecule has 1 aromatic carbocycles. The lowest BCUT2D eigenvalue weighted by Crippen LogP contribution is -2.45. The lowest BCUT2D eigenvalue weighted by molar-refractivity contribution is -0.122. The molecule has 0 aliphatic heterocycles. The molecule has 1 aromatic heterocycles. The number of hydrogen-bond donors (Lipinski definition) is 2. The third-order valence-electron chi connectivity index (χ3n) is 3.63. The van der Waals surface area contributed by atoms with Gasteiger partial charge in [-0.15, -0.1) is 0 Å². The molecule has 2 unspecified atom stereocenters. The van der Waals surface area contributed by atoms with Crippen molar-refractivity contribution in [2.24, 2.45) is 5.73 Å². The fraction of sp³-hybridized carbons (Fsp3) is 0.294. The summed E-state index contributed by atoms with van der Waals surface area (Å²) in [4.78, 5) is 16.4. The Balaban J connectivity index is 2.01. The molecule has 3 atom stereocenters. The summed E-state index contributed by atoms with van der Waals surface area (Å²) in [6.07, 6.45) is 0.945. The number of aliphatic hydroxyl groups excluding tert-OH is 1. The standard InChI is InChI=1S/C17H20N2O2/c1-12(14-9-5-6-10-19-14)17(21)16(18)15(20)11-13-7-3-2-4-8-13/h2-10,12,16-17,21H,11,18H2,1H3/t12?,16-,17?/m1/s1. The SMILES string of the molecule is CC(c1ccccn1)C(O)[C@H](N)C(=O)Cc1ccccc1. The van der Waals surface area contributed by atoms with Crippen LogP contribution in [0, 0.1) is 0 Å². The number of nitrogens with zero attached hydrogens (tertiary/aromatic N) is 1. The molecule has 0 saturated carbocycles. The van der Waals surface area contributed by atoms with Crippen LogP contribution in [0.1, 0.15) is 24.1 Å². The van der Waals surface area contributed by atoms with Gasteiger partial charge in [0.1, 0.15) is 0 Å². The largest absolute Gasteiger partial charge is 0.390 e. The van der Waals surface area contributed by atoms with Crippen molar-refractivity contribution in [1.29, 1.82) is 0 Å². The average molecular weight is 284 g/mol. The van der Waals surface area contributed by atoms with Crippen LogP contribution in [0.5, 0.6) is 0 Å². The fourth-order valence-corrected chi connectivity index (χ4v) is 2.24. The Morgan fingerprint density at radius 1 is 1.19 bits per heavy atom. The lowest BCUT2D eigenvalue weighted by atomic mass is 9.90. The van der Waals surface area contributed by atoms with Gasteiger partial charge in [-0.05, 0) is 17.7 Å². The molecule has 2 aromatic rings. The maximum Gasteiger partial charge on any atom is 0.156 e. The van der Waals surface area contributed by atoms with E-state index < -0.39 is 12.1 Å². The van der Waals surface area contributed by atoms with Gasteiger partial charge in [0.15, 0.2) is 5.78 Å². The number of aliphatic hydroxyl groups is 1. The molecule has 0 saturated heterocycles. The highest BCUT2D eigenvalue weighted by Gasteiger charge is 2.28. The van der Waals surface area contributed by atoms with Crippen LogP contribution >= 0.6 is 0 Å². The zero-order valence-electron chi connectivity index (χ0n) is 12.0. The van der Waals surface area contributed by atoms with Gasteiger partial charge in [-0.1, -0.05) is 43.3 Å². The zero-order chi connectivity index (χ0) is 15.2. The Morgan fingerprint density at radius 3 is 2.48 bits per heavy atom. The Bertz CT molecular complexity index is 572. The van der Waals surface area contributed by atoms with Crippen LogP contribution in [-0.2, 0) is 11.2 Å². The number of benzene rings is 1. The molecule has 0 aliphatic carbocycles. The summed E-state index contributed by atoms with van der Waals surface area (Å²) in [5, 5.41) is 10.3. The molecule has 3 N–H and O–H groups in total. The second-order valence-corrected chi connectivity index (χ2v) is 5.19. The monoisotopic (exact) mass is 284 g/mol. The number of carbonyl (C=O) groups is 1. The van der Waals surface area contributed by atoms with Crippen molar-refractivity contribution in [3.05, 3.63) is 66.0 Å². The van der Waals surface area contributed by atoms with Gasteiger partial charge >= 0.3 is 0 Å². The van der Waals surface area contributed by atoms with Gasteiger partial charge in [-0.3, -0.25) is 9.78 Å². The summed E-state index contributed by atoms with van der Waals surface area (Å²) in [6, 6.07) is 14.0. The van der Waals surface area contributed by atoms with Gasteiger partial charge in [0.2, 0.25) is 0 Å². The van der Waals surface area contributed by atoms with E-state index in [0.717, 1.165) is 11.3 Å². The van der Waals surface area contributed by atoms with Gasteiger partial charge < -0.3 is 10.8 Å². The van der Waals surface area contributed by atoms with Crippen molar-refractivity contribution in [2.45, 2.75) is 31.4 Å². The molecule has 0 radical (unpaired) electrons. The third-order valence-corrected chi connectivity index (χ3v) is 3.63. The first-order valence-electron chi connectivity index (χ1n) is 7.01. The fourth-order valence-electron chi connectivity index (χ4n) is 2.24. The van der Waals surface area contributed by atoms with E-state index in [1.165, 1.54) is 0 Å². The van der Waals surface area contributed by atoms with Crippen molar-refractivity contribution in [1.82, 2.24) is 4.98 Å². The minimum atomic E-state index is -0.948. The van der Waals surface area contributed by atoms with Crippen LogP contribution in [0.3, 0.4) is 0 Å². The highest BCUT2D eigenvalue weighted by atomic mass is 16.3. The maximum atomic E-state index is 12.2. The highest BCUT2D eigenvalue weighted by molar-refractivity contribution is 5.86. The number of rotatable bonds is 6. The minimum Gasteiger partial charge on any atom is -0.390 e. The molecule has 4 heteroatoms. The van der Waals surface area contributed by atoms with E-state index in [4.69, 9.17) is 5.73 Å². The molecule has 110 valence electrons. The molecule has 0 aliphatic rings. The summed E-state index contributed by atoms with van der Waals surface area (Å²) in [6.45, 7) is 1.82. The van der Waals surface area contributed by atoms with E-state index in [2.05, 4.69) is 4.98 Å². The summed E-state index contributed by atoms with van der Waals surface area (Å²) in [5.74, 6) is -0.461. The number of nitrogens with two attached hydrogens (primary N) is 1. The lowest BCUT2D eigenvalue weighted by Gasteiger charge is -2.23. The van der Waals surface area contributed by atoms with E-state index in [1.54, 1.807) is 6.20 Å². The van der Waals surface area contributed by atoms with Crippen molar-refractivity contribution in [3.8, 4) is 0 Å². The van der Waals surface area contributed by atoms with Crippen LogP contribution in [0.15, 0.2) is 54.7 Å². The minimum absolute atomic E-state index is 0.170. The number of ketones is 1. The van der Waals surface area contributed by atoms with Gasteiger partial charge in [0.25, 0.3) is 0 Å². The summed E-state index contributed by atoms with van der Waals surface area (Å²) in [7, 11) is 0. The van der Waals surface area contributed by atoms with Crippen molar-refractivity contribution >= 4 is 5.78 Å². The van der Waals surface area contributed by atoms with Crippen LogP contribution in [0.25, 0.3) is 0 Å². The first-order chi connectivity index (χ1) is 10.1. The number of Topliss-reactive ketones (excluding diaryl/α,β-unsaturated/α-hetero) is 1. The van der Waals surface area contributed by atoms with E-state index in [-0.39, 0.29) is 18.1 Å². The number of hydrogen-bond acceptors (Lipinski definition) is 4. The molecule has 1 heterocycles. The molecular formula is C17H20N2O2. The topological polar surface area (TPSA) is 76.2 Å². The van der Waals surface area contributed by atoms with Gasteiger partial charge in [-0.25, -0.2) is 0 Å². The van der Waals surface area contributed by atoms with Gasteiger partial charge in [0.05, 0.1) is 12.1 Å². The third kappa shape index (κ3) is 3.97. The molecule has 0 bridgehead atoms. The van der Waals surface area contributed by atoms with Crippen LogP contribution in [-0.4, -0.2) is 28.0 Å². The molecule has 21 heavy (non-hydrogen) atoms. The Hall–Kier alpha value is -2.04. The Kier molecular flexibility index (Phi) is 5.20. The predicted octanol–water partition coefficient (Wildman–Crippen LogP) is 1.69. The molecular weight excluding hydrogens is 264 g/mol. The highest BCUT2D eigenvalue weighted by Crippen LogP contribution is 2.19. The van der Waals surface area contributed by atoms with E-state index >= 15 is 0 Å². The van der Waals surface area contributed by atoms with Crippen molar-refractivity contribution in [2.75, 3.05) is 0 Å². The van der Waals surface area contributed by atoms with Crippen LogP contribution < -0.4 is 5.73 Å². The van der Waals surface area contributed by atoms with Gasteiger partial charge in [-0.2, -0.15) is 0 Å². The molecule has 2 rings (SSSR count). The summed E-state index contributed by atoms with van der Waals surface area (Å²) < 4.78 is 0. The molecule has 0 amide bonds. The molecule has 4 nitrogen and oxygen atoms in total.